The maximum absolute atomic E-state index is 9.85. The van der Waals surface area contributed by atoms with Gasteiger partial charge in [0.1, 0.15) is 11.5 Å². The van der Waals surface area contributed by atoms with Crippen molar-refractivity contribution in [2.24, 2.45) is 0 Å². The van der Waals surface area contributed by atoms with Crippen LogP contribution in [0.3, 0.4) is 0 Å². The Morgan fingerprint density at radius 2 is 1.05 bits per heavy atom. The summed E-state index contributed by atoms with van der Waals surface area (Å²) in [5.41, 5.74) is 0. The zero-order valence-corrected chi connectivity index (χ0v) is 13.0. The van der Waals surface area contributed by atoms with Crippen LogP contribution in [0.15, 0.2) is 34.1 Å². The minimum atomic E-state index is -0.119. The summed E-state index contributed by atoms with van der Waals surface area (Å²) >= 11 is 24.4. The summed E-state index contributed by atoms with van der Waals surface area (Å²) in [6, 6.07) is 5.91. The van der Waals surface area contributed by atoms with E-state index in [9.17, 15) is 10.2 Å². The Morgan fingerprint density at radius 3 is 1.40 bits per heavy atom. The number of rotatable bonds is 2. The second kappa shape index (κ2) is 7.70. The fourth-order valence-corrected chi connectivity index (χ4v) is 3.61. The first-order chi connectivity index (χ1) is 8.88. The van der Waals surface area contributed by atoms with Crippen LogP contribution in [0.1, 0.15) is 0 Å². The molecule has 0 saturated carbocycles. The van der Waals surface area contributed by atoms with Gasteiger partial charge in [-0.05, 0) is 24.3 Å². The molecule has 2 aromatic carbocycles. The zero-order chi connectivity index (χ0) is 14.2. The zero-order valence-electron chi connectivity index (χ0n) is 9.12. The van der Waals surface area contributed by atoms with Crippen LogP contribution in [0.2, 0.25) is 20.1 Å². The van der Waals surface area contributed by atoms with Gasteiger partial charge in [0.2, 0.25) is 0 Å². The summed E-state index contributed by atoms with van der Waals surface area (Å²) in [5.74, 6) is -0.238. The second-order valence-corrected chi connectivity index (χ2v) is 6.34. The summed E-state index contributed by atoms with van der Waals surface area (Å²) in [6.07, 6.45) is 0. The Hall–Kier alpha value is 0.550. The van der Waals surface area contributed by atoms with Gasteiger partial charge < -0.3 is 10.2 Å². The van der Waals surface area contributed by atoms with E-state index in [0.29, 0.717) is 19.8 Å². The fraction of sp³-hybridized carbons (Fsp3) is 0. The fourth-order valence-electron chi connectivity index (χ4n) is 1.36. The average Bonchev–Trinajstić information content (AvgIpc) is 2.31. The van der Waals surface area contributed by atoms with Crippen molar-refractivity contribution in [3.8, 4) is 11.5 Å². The van der Waals surface area contributed by atoms with E-state index in [1.54, 1.807) is 0 Å². The van der Waals surface area contributed by atoms with Crippen molar-refractivity contribution in [2.45, 2.75) is 9.79 Å². The van der Waals surface area contributed by atoms with E-state index in [1.807, 2.05) is 0 Å². The first-order valence-electron chi connectivity index (χ1n) is 4.92. The summed E-state index contributed by atoms with van der Waals surface area (Å²) < 4.78 is 0. The van der Waals surface area contributed by atoms with E-state index < -0.39 is 0 Å². The summed E-state index contributed by atoms with van der Waals surface area (Å²) in [4.78, 5) is 0.789. The Kier molecular flexibility index (Phi) is 7.16. The van der Waals surface area contributed by atoms with Crippen LogP contribution < -0.4 is 0 Å². The van der Waals surface area contributed by atoms with E-state index in [0.717, 1.165) is 11.8 Å². The molecule has 0 aliphatic rings. The van der Waals surface area contributed by atoms with Crippen LogP contribution in [0.5, 0.6) is 11.5 Å². The number of phenolic OH excluding ortho intramolecular Hbond substituents is 2. The van der Waals surface area contributed by atoms with Crippen molar-refractivity contribution in [1.82, 2.24) is 0 Å². The molecule has 2 rings (SSSR count). The van der Waals surface area contributed by atoms with Crippen LogP contribution in [-0.4, -0.2) is 39.8 Å². The molecular weight excluding hydrogens is 373 g/mol. The molecule has 2 nitrogen and oxygen atoms in total. The number of halogens is 4. The van der Waals surface area contributed by atoms with E-state index in [-0.39, 0.29) is 51.1 Å². The van der Waals surface area contributed by atoms with Crippen molar-refractivity contribution in [3.63, 3.8) is 0 Å². The van der Waals surface area contributed by atoms with Crippen molar-refractivity contribution >= 4 is 87.7 Å². The third kappa shape index (κ3) is 4.28. The summed E-state index contributed by atoms with van der Waals surface area (Å²) in [6.45, 7) is 0. The Labute approximate surface area is 162 Å². The molecule has 0 aliphatic heterocycles. The molecule has 0 spiro atoms. The molecule has 0 amide bonds. The Balaban J connectivity index is 0.00000200. The number of hydrogen-bond acceptors (Lipinski definition) is 3. The number of aromatic hydroxyl groups is 2. The third-order valence-electron chi connectivity index (χ3n) is 2.21. The quantitative estimate of drug-likeness (QED) is 0.703. The standard InChI is InChI=1S/C12H6Cl4O2S.Na.H/c13-5-1-7(15)11(17)9(3-5)19-10-4-6(14)2-8(16)12(10)18;;/h1-4,17-18H;;. The number of phenols is 2. The SMILES string of the molecule is Oc1c(Cl)cc(Cl)cc1Sc1cc(Cl)cc(Cl)c1O.[NaH]. The van der Waals surface area contributed by atoms with Crippen LogP contribution in [-0.2, 0) is 0 Å². The molecule has 0 saturated heterocycles. The molecule has 0 heterocycles. The van der Waals surface area contributed by atoms with E-state index in [1.165, 1.54) is 24.3 Å². The van der Waals surface area contributed by atoms with Crippen molar-refractivity contribution in [3.05, 3.63) is 44.4 Å². The molecule has 0 fully saturated rings. The monoisotopic (exact) mass is 378 g/mol. The molecule has 8 heteroatoms. The van der Waals surface area contributed by atoms with Crippen molar-refractivity contribution < 1.29 is 10.2 Å². The van der Waals surface area contributed by atoms with Crippen molar-refractivity contribution in [1.29, 1.82) is 0 Å². The van der Waals surface area contributed by atoms with E-state index >= 15 is 0 Å². The van der Waals surface area contributed by atoms with Gasteiger partial charge in [-0.2, -0.15) is 0 Å². The first kappa shape index (κ1) is 18.6. The second-order valence-electron chi connectivity index (χ2n) is 3.57. The van der Waals surface area contributed by atoms with E-state index in [4.69, 9.17) is 46.4 Å². The van der Waals surface area contributed by atoms with Crippen LogP contribution in [0.25, 0.3) is 0 Å². The van der Waals surface area contributed by atoms with Crippen LogP contribution in [0, 0.1) is 0 Å². The molecular formula is C12H7Cl4NaO2S. The molecule has 102 valence electrons. The Bertz CT molecular complexity index is 596. The Morgan fingerprint density at radius 1 is 0.700 bits per heavy atom. The summed E-state index contributed by atoms with van der Waals surface area (Å²) in [7, 11) is 0. The predicted molar refractivity (Wildman–Crippen MR) is 87.5 cm³/mol. The average molecular weight is 380 g/mol. The van der Waals surface area contributed by atoms with Gasteiger partial charge in [-0.25, -0.2) is 0 Å². The van der Waals surface area contributed by atoms with Gasteiger partial charge in [0, 0.05) is 10.0 Å². The van der Waals surface area contributed by atoms with Gasteiger partial charge >= 0.3 is 29.6 Å². The van der Waals surface area contributed by atoms with Gasteiger partial charge in [0.15, 0.2) is 0 Å². The number of hydrogen-bond donors (Lipinski definition) is 2. The van der Waals surface area contributed by atoms with Crippen LogP contribution in [0.4, 0.5) is 0 Å². The molecule has 0 bridgehead atoms. The first-order valence-corrected chi connectivity index (χ1v) is 7.25. The topological polar surface area (TPSA) is 40.5 Å². The molecule has 2 N–H and O–H groups in total. The van der Waals surface area contributed by atoms with Gasteiger partial charge in [-0.3, -0.25) is 0 Å². The van der Waals surface area contributed by atoms with Gasteiger partial charge in [-0.1, -0.05) is 58.2 Å². The van der Waals surface area contributed by atoms with Gasteiger partial charge in [0.25, 0.3) is 0 Å². The van der Waals surface area contributed by atoms with E-state index in [2.05, 4.69) is 0 Å². The summed E-state index contributed by atoms with van der Waals surface area (Å²) in [5, 5.41) is 20.7. The minimum absolute atomic E-state index is 0. The molecule has 0 radical (unpaired) electrons. The molecule has 20 heavy (non-hydrogen) atoms. The molecule has 0 aromatic heterocycles. The molecule has 0 atom stereocenters. The van der Waals surface area contributed by atoms with Gasteiger partial charge in [0.05, 0.1) is 19.8 Å². The van der Waals surface area contributed by atoms with Crippen molar-refractivity contribution in [2.75, 3.05) is 0 Å². The normalized spacial score (nSPS) is 10.2. The molecule has 0 unspecified atom stereocenters. The van der Waals surface area contributed by atoms with Crippen LogP contribution >= 0.6 is 58.2 Å². The number of benzene rings is 2. The third-order valence-corrected chi connectivity index (χ3v) is 4.28. The molecule has 2 aromatic rings. The van der Waals surface area contributed by atoms with Gasteiger partial charge in [-0.15, -0.1) is 0 Å². The molecule has 0 aliphatic carbocycles. The maximum atomic E-state index is 9.85. The predicted octanol–water partition coefficient (Wildman–Crippen LogP) is 5.21.